The normalized spacial score (nSPS) is 26.4. The topological polar surface area (TPSA) is 35.2 Å². The Labute approximate surface area is 104 Å². The minimum atomic E-state index is 0.185. The van der Waals surface area contributed by atoms with Gasteiger partial charge in [-0.25, -0.2) is 0 Å². The van der Waals surface area contributed by atoms with Crippen molar-refractivity contribution in [1.82, 2.24) is 0 Å². The fourth-order valence-electron chi connectivity index (χ4n) is 2.95. The summed E-state index contributed by atoms with van der Waals surface area (Å²) in [7, 11) is 0. The van der Waals surface area contributed by atoms with E-state index < -0.39 is 0 Å². The molecule has 2 heteroatoms. The van der Waals surface area contributed by atoms with Crippen LogP contribution in [-0.4, -0.2) is 12.1 Å². The third-order valence-corrected chi connectivity index (χ3v) is 4.46. The Hall–Kier alpha value is -1.02. The summed E-state index contributed by atoms with van der Waals surface area (Å²) >= 11 is 0. The van der Waals surface area contributed by atoms with Crippen LogP contribution in [0.2, 0.25) is 0 Å². The summed E-state index contributed by atoms with van der Waals surface area (Å²) in [6.45, 7) is 6.52. The highest BCUT2D eigenvalue weighted by Crippen LogP contribution is 2.47. The molecule has 2 rings (SSSR count). The highest BCUT2D eigenvalue weighted by Gasteiger charge is 2.52. The molecular weight excluding hydrogens is 210 g/mol. The predicted molar refractivity (Wildman–Crippen MR) is 71.2 cm³/mol. The summed E-state index contributed by atoms with van der Waals surface area (Å²) < 4.78 is 6.09. The molecule has 1 aliphatic carbocycles. The Morgan fingerprint density at radius 3 is 2.29 bits per heavy atom. The Morgan fingerprint density at radius 1 is 1.24 bits per heavy atom. The van der Waals surface area contributed by atoms with Crippen LogP contribution >= 0.6 is 0 Å². The molecule has 1 aromatic carbocycles. The predicted octanol–water partition coefficient (Wildman–Crippen LogP) is 3.28. The van der Waals surface area contributed by atoms with Crippen molar-refractivity contribution < 1.29 is 4.74 Å². The number of benzene rings is 1. The monoisotopic (exact) mass is 233 g/mol. The first-order valence-electron chi connectivity index (χ1n) is 6.61. The van der Waals surface area contributed by atoms with E-state index in [4.69, 9.17) is 10.5 Å². The van der Waals surface area contributed by atoms with Crippen LogP contribution in [0.4, 0.5) is 0 Å². The molecule has 0 bridgehead atoms. The largest absolute Gasteiger partial charge is 0.490 e. The lowest BCUT2D eigenvalue weighted by Gasteiger charge is -2.53. The molecule has 0 aliphatic heterocycles. The van der Waals surface area contributed by atoms with Crippen molar-refractivity contribution in [2.45, 2.75) is 52.2 Å². The third kappa shape index (κ3) is 2.06. The smallest absolute Gasteiger partial charge is 0.119 e. The standard InChI is InChI=1S/C15H23NO/c1-4-15(5-2)13(16)10-14(15)17-12-8-6-11(3)7-9-12/h6-9,13-14H,4-5,10,16H2,1-3H3. The molecule has 2 unspecified atom stereocenters. The molecule has 94 valence electrons. The van der Waals surface area contributed by atoms with Gasteiger partial charge in [0.25, 0.3) is 0 Å². The van der Waals surface area contributed by atoms with Gasteiger partial charge in [0, 0.05) is 17.9 Å². The first kappa shape index (κ1) is 12.4. The molecule has 17 heavy (non-hydrogen) atoms. The van der Waals surface area contributed by atoms with Crippen molar-refractivity contribution in [3.63, 3.8) is 0 Å². The van der Waals surface area contributed by atoms with Crippen LogP contribution < -0.4 is 10.5 Å². The second-order valence-corrected chi connectivity index (χ2v) is 5.20. The van der Waals surface area contributed by atoms with E-state index in [-0.39, 0.29) is 11.5 Å². The molecule has 0 spiro atoms. The molecule has 0 aromatic heterocycles. The lowest BCUT2D eigenvalue weighted by Crippen LogP contribution is -2.62. The van der Waals surface area contributed by atoms with Crippen molar-refractivity contribution >= 4 is 0 Å². The fourth-order valence-corrected chi connectivity index (χ4v) is 2.95. The summed E-state index contributed by atoms with van der Waals surface area (Å²) in [5, 5.41) is 0. The van der Waals surface area contributed by atoms with Crippen LogP contribution in [0.15, 0.2) is 24.3 Å². The van der Waals surface area contributed by atoms with Crippen LogP contribution in [0.3, 0.4) is 0 Å². The van der Waals surface area contributed by atoms with Gasteiger partial charge in [-0.15, -0.1) is 0 Å². The number of hydrogen-bond acceptors (Lipinski definition) is 2. The second kappa shape index (κ2) is 4.69. The lowest BCUT2D eigenvalue weighted by atomic mass is 9.59. The van der Waals surface area contributed by atoms with Gasteiger partial charge in [-0.1, -0.05) is 31.5 Å². The van der Waals surface area contributed by atoms with Gasteiger partial charge < -0.3 is 10.5 Å². The summed E-state index contributed by atoms with van der Waals surface area (Å²) in [5.74, 6) is 0.971. The van der Waals surface area contributed by atoms with E-state index in [1.807, 2.05) is 0 Å². The van der Waals surface area contributed by atoms with Crippen molar-refractivity contribution in [2.24, 2.45) is 11.1 Å². The van der Waals surface area contributed by atoms with E-state index in [0.717, 1.165) is 25.0 Å². The first-order chi connectivity index (χ1) is 8.12. The molecule has 2 N–H and O–H groups in total. The molecule has 1 fully saturated rings. The van der Waals surface area contributed by atoms with E-state index >= 15 is 0 Å². The molecule has 2 atom stereocenters. The van der Waals surface area contributed by atoms with Crippen molar-refractivity contribution in [3.8, 4) is 5.75 Å². The van der Waals surface area contributed by atoms with E-state index in [0.29, 0.717) is 6.04 Å². The average Bonchev–Trinajstić information content (AvgIpc) is 2.33. The van der Waals surface area contributed by atoms with E-state index in [9.17, 15) is 0 Å². The molecule has 1 aliphatic rings. The zero-order valence-corrected chi connectivity index (χ0v) is 11.1. The molecule has 1 saturated carbocycles. The average molecular weight is 233 g/mol. The van der Waals surface area contributed by atoms with Gasteiger partial charge in [0.05, 0.1) is 0 Å². The molecular formula is C15H23NO. The lowest BCUT2D eigenvalue weighted by molar-refractivity contribution is -0.0722. The van der Waals surface area contributed by atoms with Gasteiger partial charge in [0.2, 0.25) is 0 Å². The minimum Gasteiger partial charge on any atom is -0.490 e. The summed E-state index contributed by atoms with van der Waals surface area (Å²) in [5.41, 5.74) is 7.62. The number of hydrogen-bond donors (Lipinski definition) is 1. The van der Waals surface area contributed by atoms with Gasteiger partial charge >= 0.3 is 0 Å². The van der Waals surface area contributed by atoms with Gasteiger partial charge in [-0.05, 0) is 31.9 Å². The number of ether oxygens (including phenoxy) is 1. The SMILES string of the molecule is CCC1(CC)C(N)CC1Oc1ccc(C)cc1. The molecule has 2 nitrogen and oxygen atoms in total. The van der Waals surface area contributed by atoms with E-state index in [1.54, 1.807) is 0 Å². The first-order valence-corrected chi connectivity index (χ1v) is 6.61. The molecule has 0 radical (unpaired) electrons. The van der Waals surface area contributed by atoms with Gasteiger partial charge in [-0.3, -0.25) is 0 Å². The molecule has 0 heterocycles. The zero-order valence-electron chi connectivity index (χ0n) is 11.1. The fraction of sp³-hybridized carbons (Fsp3) is 0.600. The quantitative estimate of drug-likeness (QED) is 0.866. The van der Waals surface area contributed by atoms with Crippen LogP contribution in [0.25, 0.3) is 0 Å². The Morgan fingerprint density at radius 2 is 1.82 bits per heavy atom. The maximum absolute atomic E-state index is 6.17. The van der Waals surface area contributed by atoms with Crippen molar-refractivity contribution in [3.05, 3.63) is 29.8 Å². The van der Waals surface area contributed by atoms with Crippen LogP contribution in [-0.2, 0) is 0 Å². The summed E-state index contributed by atoms with van der Waals surface area (Å²) in [6, 6.07) is 8.58. The zero-order chi connectivity index (χ0) is 12.5. The summed E-state index contributed by atoms with van der Waals surface area (Å²) in [4.78, 5) is 0. The van der Waals surface area contributed by atoms with Crippen molar-refractivity contribution in [1.29, 1.82) is 0 Å². The van der Waals surface area contributed by atoms with Gasteiger partial charge in [0.1, 0.15) is 11.9 Å². The summed E-state index contributed by atoms with van der Waals surface area (Å²) in [6.07, 6.45) is 3.47. The number of aryl methyl sites for hydroxylation is 1. The highest BCUT2D eigenvalue weighted by atomic mass is 16.5. The number of nitrogens with two attached hydrogens (primary N) is 1. The Kier molecular flexibility index (Phi) is 3.43. The van der Waals surface area contributed by atoms with E-state index in [1.165, 1.54) is 5.56 Å². The molecule has 0 amide bonds. The van der Waals surface area contributed by atoms with Crippen molar-refractivity contribution in [2.75, 3.05) is 0 Å². The molecule has 1 aromatic rings. The van der Waals surface area contributed by atoms with E-state index in [2.05, 4.69) is 45.0 Å². The van der Waals surface area contributed by atoms with Crippen LogP contribution in [0.5, 0.6) is 5.75 Å². The minimum absolute atomic E-state index is 0.185. The number of rotatable bonds is 4. The van der Waals surface area contributed by atoms with Crippen LogP contribution in [0, 0.1) is 12.3 Å². The maximum atomic E-state index is 6.17. The third-order valence-electron chi connectivity index (χ3n) is 4.46. The Bertz CT molecular complexity index is 367. The van der Waals surface area contributed by atoms with Gasteiger partial charge in [0.15, 0.2) is 0 Å². The second-order valence-electron chi connectivity index (χ2n) is 5.20. The maximum Gasteiger partial charge on any atom is 0.119 e. The van der Waals surface area contributed by atoms with Gasteiger partial charge in [-0.2, -0.15) is 0 Å². The Balaban J connectivity index is 2.07. The van der Waals surface area contributed by atoms with Crippen LogP contribution in [0.1, 0.15) is 38.7 Å². The highest BCUT2D eigenvalue weighted by molar-refractivity contribution is 5.27. The molecule has 0 saturated heterocycles.